The van der Waals surface area contributed by atoms with E-state index >= 15 is 0 Å². The van der Waals surface area contributed by atoms with Crippen molar-refractivity contribution in [2.45, 2.75) is 20.0 Å². The summed E-state index contributed by atoms with van der Waals surface area (Å²) >= 11 is 7.23. The van der Waals surface area contributed by atoms with E-state index in [2.05, 4.69) is 10.2 Å². The van der Waals surface area contributed by atoms with Crippen LogP contribution in [0.15, 0.2) is 18.2 Å². The van der Waals surface area contributed by atoms with Crippen LogP contribution in [0.2, 0.25) is 5.02 Å². The quantitative estimate of drug-likeness (QED) is 0.928. The maximum atomic E-state index is 8.87. The third-order valence-corrected chi connectivity index (χ3v) is 3.34. The zero-order chi connectivity index (χ0) is 12.3. The SMILES string of the molecule is CCc1cc(Oc2nnc(CO)s2)ccc1Cl. The van der Waals surface area contributed by atoms with Crippen LogP contribution in [0.25, 0.3) is 0 Å². The molecule has 0 spiro atoms. The Morgan fingerprint density at radius 1 is 1.41 bits per heavy atom. The van der Waals surface area contributed by atoms with E-state index in [9.17, 15) is 0 Å². The normalized spacial score (nSPS) is 10.5. The van der Waals surface area contributed by atoms with E-state index in [-0.39, 0.29) is 6.61 Å². The van der Waals surface area contributed by atoms with E-state index in [4.69, 9.17) is 21.4 Å². The Bertz CT molecular complexity index is 516. The molecule has 0 atom stereocenters. The average molecular weight is 271 g/mol. The van der Waals surface area contributed by atoms with Crippen molar-refractivity contribution in [1.29, 1.82) is 0 Å². The molecule has 17 heavy (non-hydrogen) atoms. The Hall–Kier alpha value is -1.17. The highest BCUT2D eigenvalue weighted by atomic mass is 35.5. The van der Waals surface area contributed by atoms with Gasteiger partial charge in [0.2, 0.25) is 0 Å². The summed E-state index contributed by atoms with van der Waals surface area (Å²) in [5, 5.41) is 18.1. The zero-order valence-electron chi connectivity index (χ0n) is 9.18. The first kappa shape index (κ1) is 12.3. The highest BCUT2D eigenvalue weighted by Crippen LogP contribution is 2.28. The molecule has 0 fully saturated rings. The van der Waals surface area contributed by atoms with Gasteiger partial charge < -0.3 is 9.84 Å². The molecule has 0 amide bonds. The van der Waals surface area contributed by atoms with E-state index in [1.807, 2.05) is 13.0 Å². The second kappa shape index (κ2) is 5.44. The number of rotatable bonds is 4. The highest BCUT2D eigenvalue weighted by Gasteiger charge is 2.07. The number of halogens is 1. The van der Waals surface area contributed by atoms with Crippen LogP contribution in [0.3, 0.4) is 0 Å². The molecule has 4 nitrogen and oxygen atoms in total. The van der Waals surface area contributed by atoms with Gasteiger partial charge >= 0.3 is 0 Å². The van der Waals surface area contributed by atoms with Crippen molar-refractivity contribution in [3.05, 3.63) is 33.8 Å². The second-order valence-electron chi connectivity index (χ2n) is 3.33. The summed E-state index contributed by atoms with van der Waals surface area (Å²) in [5.41, 5.74) is 1.02. The van der Waals surface area contributed by atoms with Gasteiger partial charge in [-0.1, -0.05) is 35.0 Å². The molecule has 2 aromatic rings. The van der Waals surface area contributed by atoms with Gasteiger partial charge in [-0.15, -0.1) is 5.10 Å². The Labute approximate surface area is 108 Å². The van der Waals surface area contributed by atoms with Crippen molar-refractivity contribution in [3.63, 3.8) is 0 Å². The van der Waals surface area contributed by atoms with Gasteiger partial charge in [-0.05, 0) is 30.2 Å². The number of ether oxygens (including phenoxy) is 1. The molecule has 0 aliphatic carbocycles. The molecule has 0 aliphatic rings. The number of hydrogen-bond donors (Lipinski definition) is 1. The molecule has 1 aromatic carbocycles. The largest absolute Gasteiger partial charge is 0.430 e. The zero-order valence-corrected chi connectivity index (χ0v) is 10.8. The van der Waals surface area contributed by atoms with Gasteiger partial charge in [0.1, 0.15) is 10.8 Å². The Morgan fingerprint density at radius 3 is 2.88 bits per heavy atom. The molecular formula is C11H11ClN2O2S. The van der Waals surface area contributed by atoms with Crippen LogP contribution in [0.5, 0.6) is 10.9 Å². The highest BCUT2D eigenvalue weighted by molar-refractivity contribution is 7.13. The molecule has 1 N–H and O–H groups in total. The predicted molar refractivity (Wildman–Crippen MR) is 66.7 cm³/mol. The molecule has 2 rings (SSSR count). The fraction of sp³-hybridized carbons (Fsp3) is 0.273. The molecule has 0 aliphatic heterocycles. The third-order valence-electron chi connectivity index (χ3n) is 2.19. The maximum absolute atomic E-state index is 8.87. The second-order valence-corrected chi connectivity index (χ2v) is 4.76. The van der Waals surface area contributed by atoms with E-state index in [1.54, 1.807) is 12.1 Å². The summed E-state index contributed by atoms with van der Waals surface area (Å²) in [6.45, 7) is 1.90. The molecule has 0 bridgehead atoms. The molecule has 0 saturated heterocycles. The smallest absolute Gasteiger partial charge is 0.299 e. The van der Waals surface area contributed by atoms with Crippen molar-refractivity contribution in [2.24, 2.45) is 0 Å². The number of nitrogens with zero attached hydrogens (tertiary/aromatic N) is 2. The molecule has 1 aromatic heterocycles. The lowest BCUT2D eigenvalue weighted by Gasteiger charge is -2.05. The standard InChI is InChI=1S/C11H11ClN2O2S/c1-2-7-5-8(3-4-9(7)12)16-11-14-13-10(6-15)17-11/h3-5,15H,2,6H2,1H3. The molecule has 0 saturated carbocycles. The van der Waals surface area contributed by atoms with E-state index in [0.29, 0.717) is 16.0 Å². The molecule has 0 unspecified atom stereocenters. The lowest BCUT2D eigenvalue weighted by molar-refractivity contribution is 0.280. The van der Waals surface area contributed by atoms with Crippen LogP contribution >= 0.6 is 22.9 Å². The van der Waals surface area contributed by atoms with Crippen LogP contribution in [0, 0.1) is 0 Å². The molecule has 90 valence electrons. The number of benzene rings is 1. The summed E-state index contributed by atoms with van der Waals surface area (Å²) < 4.78 is 5.53. The van der Waals surface area contributed by atoms with Crippen molar-refractivity contribution >= 4 is 22.9 Å². The van der Waals surface area contributed by atoms with Gasteiger partial charge in [-0.3, -0.25) is 0 Å². The fourth-order valence-electron chi connectivity index (χ4n) is 1.33. The van der Waals surface area contributed by atoms with E-state index in [1.165, 1.54) is 11.3 Å². The Morgan fingerprint density at radius 2 is 2.24 bits per heavy atom. The maximum Gasteiger partial charge on any atom is 0.299 e. The Balaban J connectivity index is 2.18. The summed E-state index contributed by atoms with van der Waals surface area (Å²) in [6, 6.07) is 5.45. The predicted octanol–water partition coefficient (Wildman–Crippen LogP) is 3.04. The van der Waals surface area contributed by atoms with E-state index in [0.717, 1.165) is 17.0 Å². The first-order chi connectivity index (χ1) is 8.22. The van der Waals surface area contributed by atoms with Gasteiger partial charge in [0, 0.05) is 5.02 Å². The van der Waals surface area contributed by atoms with Crippen LogP contribution in [-0.4, -0.2) is 15.3 Å². The lowest BCUT2D eigenvalue weighted by atomic mass is 10.2. The van der Waals surface area contributed by atoms with Crippen LogP contribution in [0.4, 0.5) is 0 Å². The number of hydrogen-bond acceptors (Lipinski definition) is 5. The lowest BCUT2D eigenvalue weighted by Crippen LogP contribution is -1.87. The monoisotopic (exact) mass is 270 g/mol. The van der Waals surface area contributed by atoms with Gasteiger partial charge in [-0.25, -0.2) is 0 Å². The first-order valence-electron chi connectivity index (χ1n) is 5.12. The van der Waals surface area contributed by atoms with Gasteiger partial charge in [0.25, 0.3) is 5.19 Å². The Kier molecular flexibility index (Phi) is 3.93. The van der Waals surface area contributed by atoms with Crippen molar-refractivity contribution in [2.75, 3.05) is 0 Å². The van der Waals surface area contributed by atoms with Gasteiger partial charge in [-0.2, -0.15) is 0 Å². The van der Waals surface area contributed by atoms with Crippen molar-refractivity contribution in [3.8, 4) is 10.9 Å². The van der Waals surface area contributed by atoms with Crippen molar-refractivity contribution < 1.29 is 9.84 Å². The van der Waals surface area contributed by atoms with Crippen LogP contribution in [0.1, 0.15) is 17.5 Å². The molecule has 1 heterocycles. The van der Waals surface area contributed by atoms with Crippen LogP contribution < -0.4 is 4.74 Å². The summed E-state index contributed by atoms with van der Waals surface area (Å²) in [5.74, 6) is 0.673. The number of aliphatic hydroxyl groups excluding tert-OH is 1. The summed E-state index contributed by atoms with van der Waals surface area (Å²) in [7, 11) is 0. The minimum Gasteiger partial charge on any atom is -0.430 e. The number of aromatic nitrogens is 2. The van der Waals surface area contributed by atoms with Gasteiger partial charge in [0.05, 0.1) is 6.61 Å². The molecule has 0 radical (unpaired) electrons. The first-order valence-corrected chi connectivity index (χ1v) is 6.32. The van der Waals surface area contributed by atoms with Gasteiger partial charge in [0.15, 0.2) is 0 Å². The number of aryl methyl sites for hydroxylation is 1. The van der Waals surface area contributed by atoms with Crippen molar-refractivity contribution in [1.82, 2.24) is 10.2 Å². The minimum atomic E-state index is -0.123. The number of aliphatic hydroxyl groups is 1. The van der Waals surface area contributed by atoms with Crippen LogP contribution in [-0.2, 0) is 13.0 Å². The minimum absolute atomic E-state index is 0.123. The third kappa shape index (κ3) is 2.94. The summed E-state index contributed by atoms with van der Waals surface area (Å²) in [4.78, 5) is 0. The summed E-state index contributed by atoms with van der Waals surface area (Å²) in [6.07, 6.45) is 0.841. The topological polar surface area (TPSA) is 55.2 Å². The van der Waals surface area contributed by atoms with E-state index < -0.39 is 0 Å². The fourth-order valence-corrected chi connectivity index (χ4v) is 2.15. The molecule has 6 heteroatoms. The average Bonchev–Trinajstić information content (AvgIpc) is 2.79. The molecular weight excluding hydrogens is 260 g/mol.